The van der Waals surface area contributed by atoms with E-state index in [2.05, 4.69) is 4.98 Å². The molecule has 13 heavy (non-hydrogen) atoms. The van der Waals surface area contributed by atoms with E-state index in [9.17, 15) is 0 Å². The summed E-state index contributed by atoms with van der Waals surface area (Å²) < 4.78 is 0. The van der Waals surface area contributed by atoms with Gasteiger partial charge in [0, 0.05) is 0 Å². The van der Waals surface area contributed by atoms with E-state index in [0.717, 1.165) is 18.4 Å². The zero-order chi connectivity index (χ0) is 9.42. The second-order valence-corrected chi connectivity index (χ2v) is 3.81. The van der Waals surface area contributed by atoms with Crippen molar-refractivity contribution in [1.82, 2.24) is 4.98 Å². The molecule has 1 fully saturated rings. The summed E-state index contributed by atoms with van der Waals surface area (Å²) in [5.41, 5.74) is 1.37. The Balaban J connectivity index is 2.52. The van der Waals surface area contributed by atoms with E-state index in [-0.39, 0.29) is 5.15 Å². The van der Waals surface area contributed by atoms with Crippen LogP contribution in [0.2, 0.25) is 10.3 Å². The van der Waals surface area contributed by atoms with Crippen molar-refractivity contribution in [3.05, 3.63) is 27.5 Å². The van der Waals surface area contributed by atoms with Gasteiger partial charge in [0.1, 0.15) is 16.4 Å². The molecule has 1 aliphatic carbocycles. The van der Waals surface area contributed by atoms with Crippen molar-refractivity contribution in [2.24, 2.45) is 0 Å². The largest absolute Gasteiger partial charge is 0.223 e. The maximum Gasteiger partial charge on any atom is 0.148 e. The van der Waals surface area contributed by atoms with Crippen molar-refractivity contribution in [3.63, 3.8) is 0 Å². The predicted molar refractivity (Wildman–Crippen MR) is 50.9 cm³/mol. The summed E-state index contributed by atoms with van der Waals surface area (Å²) in [4.78, 5) is 3.91. The topological polar surface area (TPSA) is 36.7 Å². The minimum Gasteiger partial charge on any atom is -0.223 e. The highest BCUT2D eigenvalue weighted by atomic mass is 35.5. The molecule has 0 aliphatic heterocycles. The minimum atomic E-state index is 0.192. The number of hydrogen-bond acceptors (Lipinski definition) is 2. The van der Waals surface area contributed by atoms with Crippen LogP contribution in [0.3, 0.4) is 0 Å². The van der Waals surface area contributed by atoms with E-state index in [1.807, 2.05) is 6.07 Å². The van der Waals surface area contributed by atoms with Crippen molar-refractivity contribution in [2.75, 3.05) is 0 Å². The lowest BCUT2D eigenvalue weighted by Crippen LogP contribution is -1.90. The van der Waals surface area contributed by atoms with Gasteiger partial charge in [-0.05, 0) is 30.4 Å². The van der Waals surface area contributed by atoms with Gasteiger partial charge in [0.25, 0.3) is 0 Å². The Labute approximate surface area is 86.1 Å². The lowest BCUT2D eigenvalue weighted by Gasteiger charge is -2.02. The summed E-state index contributed by atoms with van der Waals surface area (Å²) in [6.45, 7) is 0. The minimum absolute atomic E-state index is 0.192. The van der Waals surface area contributed by atoms with Crippen LogP contribution in [0.4, 0.5) is 0 Å². The molecule has 1 heterocycles. The number of aromatic nitrogens is 1. The zero-order valence-electron chi connectivity index (χ0n) is 6.72. The Morgan fingerprint density at radius 2 is 2.08 bits per heavy atom. The Kier molecular flexibility index (Phi) is 2.15. The second-order valence-electron chi connectivity index (χ2n) is 3.09. The number of halogens is 2. The monoisotopic (exact) mass is 212 g/mol. The third kappa shape index (κ3) is 1.63. The van der Waals surface area contributed by atoms with E-state index in [1.165, 1.54) is 0 Å². The maximum atomic E-state index is 8.72. The van der Waals surface area contributed by atoms with E-state index in [1.54, 1.807) is 6.07 Å². The number of nitriles is 1. The maximum absolute atomic E-state index is 8.72. The van der Waals surface area contributed by atoms with Crippen molar-refractivity contribution >= 4 is 23.2 Å². The highest BCUT2D eigenvalue weighted by molar-refractivity contribution is 6.33. The summed E-state index contributed by atoms with van der Waals surface area (Å²) >= 11 is 11.6. The molecule has 0 atom stereocenters. The molecule has 1 aliphatic rings. The Morgan fingerprint density at radius 3 is 2.62 bits per heavy atom. The van der Waals surface area contributed by atoms with Crippen LogP contribution in [0.5, 0.6) is 0 Å². The fourth-order valence-corrected chi connectivity index (χ4v) is 1.76. The normalized spacial score (nSPS) is 15.5. The molecule has 1 saturated carbocycles. The molecule has 0 amide bonds. The summed E-state index contributed by atoms with van der Waals surface area (Å²) in [5, 5.41) is 9.35. The lowest BCUT2D eigenvalue weighted by atomic mass is 10.1. The second kappa shape index (κ2) is 3.17. The van der Waals surface area contributed by atoms with Crippen molar-refractivity contribution < 1.29 is 0 Å². The van der Waals surface area contributed by atoms with Gasteiger partial charge < -0.3 is 0 Å². The third-order valence-electron chi connectivity index (χ3n) is 2.09. The quantitative estimate of drug-likeness (QED) is 0.672. The van der Waals surface area contributed by atoms with Crippen molar-refractivity contribution in [1.29, 1.82) is 5.26 Å². The number of pyridine rings is 1. The van der Waals surface area contributed by atoms with E-state index in [0.29, 0.717) is 16.6 Å². The first-order chi connectivity index (χ1) is 6.22. The highest BCUT2D eigenvalue weighted by Crippen LogP contribution is 2.43. The fraction of sp³-hybridized carbons (Fsp3) is 0.333. The van der Waals surface area contributed by atoms with E-state index < -0.39 is 0 Å². The standard InChI is InChI=1S/C9H6Cl2N2/c10-8-6(4-12)3-7(5-1-2-5)9(11)13-8/h3,5H,1-2H2. The molecule has 66 valence electrons. The smallest absolute Gasteiger partial charge is 0.148 e. The first kappa shape index (κ1) is 8.80. The SMILES string of the molecule is N#Cc1cc(C2CC2)c(Cl)nc1Cl. The number of rotatable bonds is 1. The molecule has 1 aromatic rings. The van der Waals surface area contributed by atoms with Gasteiger partial charge in [0.15, 0.2) is 0 Å². The highest BCUT2D eigenvalue weighted by Gasteiger charge is 2.27. The van der Waals surface area contributed by atoms with Gasteiger partial charge in [-0.25, -0.2) is 4.98 Å². The molecular weight excluding hydrogens is 207 g/mol. The van der Waals surface area contributed by atoms with Gasteiger partial charge in [-0.3, -0.25) is 0 Å². The number of hydrogen-bond donors (Lipinski definition) is 0. The first-order valence-corrected chi connectivity index (χ1v) is 4.74. The van der Waals surface area contributed by atoms with Crippen LogP contribution in [0, 0.1) is 11.3 Å². The first-order valence-electron chi connectivity index (χ1n) is 3.98. The van der Waals surface area contributed by atoms with Gasteiger partial charge in [-0.1, -0.05) is 23.2 Å². The molecule has 0 N–H and O–H groups in total. The third-order valence-corrected chi connectivity index (χ3v) is 2.69. The van der Waals surface area contributed by atoms with Gasteiger partial charge in [-0.15, -0.1) is 0 Å². The summed E-state index contributed by atoms with van der Waals surface area (Å²) in [6, 6.07) is 3.74. The Bertz CT molecular complexity index is 391. The summed E-state index contributed by atoms with van der Waals surface area (Å²) in [5.74, 6) is 0.490. The average Bonchev–Trinajstić information content (AvgIpc) is 2.88. The van der Waals surface area contributed by atoms with Crippen LogP contribution in [0.15, 0.2) is 6.07 Å². The zero-order valence-corrected chi connectivity index (χ0v) is 8.23. The van der Waals surface area contributed by atoms with Crippen LogP contribution in [-0.2, 0) is 0 Å². The average molecular weight is 213 g/mol. The molecule has 0 unspecified atom stereocenters. The molecule has 0 spiro atoms. The molecule has 0 aromatic carbocycles. The number of nitrogens with zero attached hydrogens (tertiary/aromatic N) is 2. The predicted octanol–water partition coefficient (Wildman–Crippen LogP) is 3.14. The van der Waals surface area contributed by atoms with Gasteiger partial charge in [0.2, 0.25) is 0 Å². The van der Waals surface area contributed by atoms with Crippen molar-refractivity contribution in [3.8, 4) is 6.07 Å². The van der Waals surface area contributed by atoms with E-state index >= 15 is 0 Å². The van der Waals surface area contributed by atoms with Gasteiger partial charge >= 0.3 is 0 Å². The molecular formula is C9H6Cl2N2. The van der Waals surface area contributed by atoms with Gasteiger partial charge in [0.05, 0.1) is 5.56 Å². The van der Waals surface area contributed by atoms with Crippen LogP contribution in [-0.4, -0.2) is 4.98 Å². The van der Waals surface area contributed by atoms with Crippen LogP contribution in [0.25, 0.3) is 0 Å². The molecule has 2 nitrogen and oxygen atoms in total. The fourth-order valence-electron chi connectivity index (χ4n) is 1.24. The Hall–Kier alpha value is -0.780. The van der Waals surface area contributed by atoms with Crippen molar-refractivity contribution in [2.45, 2.75) is 18.8 Å². The summed E-state index contributed by atoms with van der Waals surface area (Å²) in [6.07, 6.45) is 2.27. The molecule has 1 aromatic heterocycles. The Morgan fingerprint density at radius 1 is 1.38 bits per heavy atom. The molecule has 0 radical (unpaired) electrons. The molecule has 4 heteroatoms. The van der Waals surface area contributed by atoms with Crippen LogP contribution < -0.4 is 0 Å². The van der Waals surface area contributed by atoms with Crippen LogP contribution >= 0.6 is 23.2 Å². The van der Waals surface area contributed by atoms with Gasteiger partial charge in [-0.2, -0.15) is 5.26 Å². The van der Waals surface area contributed by atoms with Crippen LogP contribution in [0.1, 0.15) is 29.9 Å². The lowest BCUT2D eigenvalue weighted by molar-refractivity contribution is 1.09. The molecule has 2 rings (SSSR count). The molecule has 0 saturated heterocycles. The molecule has 0 bridgehead atoms. The summed E-state index contributed by atoms with van der Waals surface area (Å²) in [7, 11) is 0. The van der Waals surface area contributed by atoms with E-state index in [4.69, 9.17) is 28.5 Å².